The summed E-state index contributed by atoms with van der Waals surface area (Å²) in [7, 11) is 0. The molecule has 2 aromatic heterocycles. The van der Waals surface area contributed by atoms with Gasteiger partial charge >= 0.3 is 0 Å². The highest BCUT2D eigenvalue weighted by Crippen LogP contribution is 2.20. The molecule has 2 aromatic rings. The van der Waals surface area contributed by atoms with Crippen LogP contribution in [-0.4, -0.2) is 15.1 Å². The van der Waals surface area contributed by atoms with E-state index in [1.807, 2.05) is 13.8 Å². The second-order valence-corrected chi connectivity index (χ2v) is 3.91. The Morgan fingerprint density at radius 3 is 2.80 bits per heavy atom. The molecule has 78 valence electrons. The third-order valence-electron chi connectivity index (χ3n) is 1.90. The van der Waals surface area contributed by atoms with Crippen molar-refractivity contribution in [2.45, 2.75) is 19.8 Å². The zero-order chi connectivity index (χ0) is 10.8. The number of hydrogen-bond acceptors (Lipinski definition) is 4. The molecule has 0 bridgehead atoms. The van der Waals surface area contributed by atoms with E-state index >= 15 is 0 Å². The van der Waals surface area contributed by atoms with E-state index in [1.165, 1.54) is 0 Å². The second-order valence-electron chi connectivity index (χ2n) is 3.47. The normalized spacial score (nSPS) is 10.9. The summed E-state index contributed by atoms with van der Waals surface area (Å²) < 4.78 is 5.08. The van der Waals surface area contributed by atoms with E-state index in [-0.39, 0.29) is 5.92 Å². The van der Waals surface area contributed by atoms with Gasteiger partial charge in [-0.2, -0.15) is 4.98 Å². The highest BCUT2D eigenvalue weighted by Gasteiger charge is 2.12. The monoisotopic (exact) mass is 223 g/mol. The van der Waals surface area contributed by atoms with Gasteiger partial charge in [0, 0.05) is 17.1 Å². The second kappa shape index (κ2) is 3.98. The first-order chi connectivity index (χ1) is 7.16. The molecule has 4 nitrogen and oxygen atoms in total. The largest absolute Gasteiger partial charge is 0.332 e. The summed E-state index contributed by atoms with van der Waals surface area (Å²) in [6.45, 7) is 4.00. The van der Waals surface area contributed by atoms with Crippen LogP contribution in [0.4, 0.5) is 0 Å². The van der Waals surface area contributed by atoms with Crippen molar-refractivity contribution in [3.8, 4) is 11.6 Å². The third-order valence-corrected chi connectivity index (χ3v) is 2.13. The molecule has 0 saturated heterocycles. The van der Waals surface area contributed by atoms with Gasteiger partial charge in [-0.05, 0) is 12.1 Å². The van der Waals surface area contributed by atoms with Crippen LogP contribution >= 0.6 is 11.6 Å². The number of rotatable bonds is 2. The number of pyridine rings is 1. The Bertz CT molecular complexity index is 467. The first kappa shape index (κ1) is 10.1. The molecule has 0 saturated carbocycles. The molecular weight excluding hydrogens is 214 g/mol. The minimum atomic E-state index is 0.238. The SMILES string of the molecule is CC(C)c1noc(-c2cc(Cl)ccn2)n1. The van der Waals surface area contributed by atoms with Crippen molar-refractivity contribution in [1.29, 1.82) is 0 Å². The van der Waals surface area contributed by atoms with Gasteiger partial charge in [-0.15, -0.1) is 0 Å². The molecule has 5 heteroatoms. The Kier molecular flexibility index (Phi) is 2.68. The summed E-state index contributed by atoms with van der Waals surface area (Å²) in [5.41, 5.74) is 0.599. The maximum atomic E-state index is 5.83. The lowest BCUT2D eigenvalue weighted by Crippen LogP contribution is -1.89. The number of hydrogen-bond donors (Lipinski definition) is 0. The molecule has 0 amide bonds. The summed E-state index contributed by atoms with van der Waals surface area (Å²) in [6, 6.07) is 3.39. The van der Waals surface area contributed by atoms with Crippen LogP contribution in [-0.2, 0) is 0 Å². The van der Waals surface area contributed by atoms with E-state index in [1.54, 1.807) is 18.3 Å². The van der Waals surface area contributed by atoms with Gasteiger partial charge < -0.3 is 4.52 Å². The predicted molar refractivity (Wildman–Crippen MR) is 56.6 cm³/mol. The zero-order valence-corrected chi connectivity index (χ0v) is 9.19. The Morgan fingerprint density at radius 1 is 1.40 bits per heavy atom. The summed E-state index contributed by atoms with van der Waals surface area (Å²) in [5.74, 6) is 1.31. The Labute approximate surface area is 92.3 Å². The standard InChI is InChI=1S/C10H10ClN3O/c1-6(2)9-13-10(15-14-9)8-5-7(11)3-4-12-8/h3-6H,1-2H3. The van der Waals surface area contributed by atoms with E-state index in [0.29, 0.717) is 22.4 Å². The van der Waals surface area contributed by atoms with Crippen molar-refractivity contribution in [3.63, 3.8) is 0 Å². The van der Waals surface area contributed by atoms with E-state index < -0.39 is 0 Å². The first-order valence-corrected chi connectivity index (χ1v) is 5.00. The summed E-state index contributed by atoms with van der Waals surface area (Å²) >= 11 is 5.83. The lowest BCUT2D eigenvalue weighted by Gasteiger charge is -1.94. The molecule has 0 fully saturated rings. The molecule has 0 aliphatic heterocycles. The molecule has 0 unspecified atom stereocenters. The fourth-order valence-corrected chi connectivity index (χ4v) is 1.25. The van der Waals surface area contributed by atoms with Crippen molar-refractivity contribution in [1.82, 2.24) is 15.1 Å². The molecule has 0 spiro atoms. The molecule has 0 aliphatic rings. The first-order valence-electron chi connectivity index (χ1n) is 4.62. The van der Waals surface area contributed by atoms with Crippen LogP contribution in [0.25, 0.3) is 11.6 Å². The van der Waals surface area contributed by atoms with Gasteiger partial charge in [0.2, 0.25) is 0 Å². The highest BCUT2D eigenvalue weighted by atomic mass is 35.5. The number of halogens is 1. The van der Waals surface area contributed by atoms with Crippen molar-refractivity contribution in [2.24, 2.45) is 0 Å². The number of aromatic nitrogens is 3. The highest BCUT2D eigenvalue weighted by molar-refractivity contribution is 6.30. The van der Waals surface area contributed by atoms with Crippen molar-refractivity contribution in [3.05, 3.63) is 29.2 Å². The average Bonchev–Trinajstić information content (AvgIpc) is 2.66. The molecule has 2 heterocycles. The van der Waals surface area contributed by atoms with Crippen LogP contribution in [0, 0.1) is 0 Å². The van der Waals surface area contributed by atoms with Gasteiger partial charge in [0.15, 0.2) is 5.82 Å². The van der Waals surface area contributed by atoms with Crippen LogP contribution in [0.5, 0.6) is 0 Å². The van der Waals surface area contributed by atoms with Gasteiger partial charge in [-0.3, -0.25) is 4.98 Å². The van der Waals surface area contributed by atoms with Crippen molar-refractivity contribution >= 4 is 11.6 Å². The van der Waals surface area contributed by atoms with E-state index in [9.17, 15) is 0 Å². The number of nitrogens with zero attached hydrogens (tertiary/aromatic N) is 3. The summed E-state index contributed by atoms with van der Waals surface area (Å²) in [6.07, 6.45) is 1.61. The fourth-order valence-electron chi connectivity index (χ4n) is 1.10. The van der Waals surface area contributed by atoms with Crippen LogP contribution in [0.15, 0.2) is 22.9 Å². The Hall–Kier alpha value is -1.42. The lowest BCUT2D eigenvalue weighted by atomic mass is 10.2. The minimum absolute atomic E-state index is 0.238. The quantitative estimate of drug-likeness (QED) is 0.786. The van der Waals surface area contributed by atoms with Gasteiger partial charge in [-0.1, -0.05) is 30.6 Å². The molecule has 0 atom stereocenters. The predicted octanol–water partition coefficient (Wildman–Crippen LogP) is 2.91. The molecule has 15 heavy (non-hydrogen) atoms. The fraction of sp³-hybridized carbons (Fsp3) is 0.300. The minimum Gasteiger partial charge on any atom is -0.332 e. The van der Waals surface area contributed by atoms with Crippen LogP contribution in [0.3, 0.4) is 0 Å². The van der Waals surface area contributed by atoms with Crippen LogP contribution in [0.1, 0.15) is 25.6 Å². The summed E-state index contributed by atoms with van der Waals surface area (Å²) in [4.78, 5) is 8.32. The maximum Gasteiger partial charge on any atom is 0.276 e. The van der Waals surface area contributed by atoms with E-state index in [2.05, 4.69) is 15.1 Å². The van der Waals surface area contributed by atoms with Crippen LogP contribution < -0.4 is 0 Å². The maximum absolute atomic E-state index is 5.83. The molecular formula is C10H10ClN3O. The van der Waals surface area contributed by atoms with Gasteiger partial charge in [0.1, 0.15) is 5.69 Å². The smallest absolute Gasteiger partial charge is 0.276 e. The van der Waals surface area contributed by atoms with Gasteiger partial charge in [-0.25, -0.2) is 0 Å². The average molecular weight is 224 g/mol. The van der Waals surface area contributed by atoms with Crippen molar-refractivity contribution < 1.29 is 4.52 Å². The zero-order valence-electron chi connectivity index (χ0n) is 8.44. The Morgan fingerprint density at radius 2 is 2.20 bits per heavy atom. The third kappa shape index (κ3) is 2.15. The topological polar surface area (TPSA) is 51.8 Å². The van der Waals surface area contributed by atoms with E-state index in [4.69, 9.17) is 16.1 Å². The molecule has 0 N–H and O–H groups in total. The van der Waals surface area contributed by atoms with Crippen LogP contribution in [0.2, 0.25) is 5.02 Å². The van der Waals surface area contributed by atoms with Crippen molar-refractivity contribution in [2.75, 3.05) is 0 Å². The molecule has 2 rings (SSSR count). The lowest BCUT2D eigenvalue weighted by molar-refractivity contribution is 0.418. The molecule has 0 aromatic carbocycles. The van der Waals surface area contributed by atoms with E-state index in [0.717, 1.165) is 0 Å². The molecule has 0 radical (unpaired) electrons. The van der Waals surface area contributed by atoms with Gasteiger partial charge in [0.05, 0.1) is 0 Å². The molecule has 0 aliphatic carbocycles. The Balaban J connectivity index is 2.37. The van der Waals surface area contributed by atoms with Gasteiger partial charge in [0.25, 0.3) is 5.89 Å². The summed E-state index contributed by atoms with van der Waals surface area (Å²) in [5, 5.41) is 4.45.